The molecule has 1 aliphatic rings. The lowest BCUT2D eigenvalue weighted by Gasteiger charge is -2.23. The van der Waals surface area contributed by atoms with Crippen molar-refractivity contribution in [2.24, 2.45) is 0 Å². The Hall–Kier alpha value is -3.69. The number of carbonyl (C=O) groups is 1. The molecular formula is C26H22N4O3S2. The average molecular weight is 503 g/mol. The molecule has 35 heavy (non-hydrogen) atoms. The Labute approximate surface area is 211 Å². The summed E-state index contributed by atoms with van der Waals surface area (Å²) >= 11 is 6.74. The zero-order chi connectivity index (χ0) is 24.5. The van der Waals surface area contributed by atoms with Crippen LogP contribution in [0.5, 0.6) is 0 Å². The molecule has 9 heteroatoms. The number of benzene rings is 1. The lowest BCUT2D eigenvalue weighted by Crippen LogP contribution is -2.31. The molecule has 0 aliphatic carbocycles. The number of amides is 1. The van der Waals surface area contributed by atoms with Crippen LogP contribution in [-0.2, 0) is 11.3 Å². The highest BCUT2D eigenvalue weighted by molar-refractivity contribution is 8.26. The number of anilines is 1. The molecule has 0 radical (unpaired) electrons. The maximum Gasteiger partial charge on any atom is 0.267 e. The van der Waals surface area contributed by atoms with Gasteiger partial charge in [-0.3, -0.25) is 18.9 Å². The van der Waals surface area contributed by atoms with E-state index in [-0.39, 0.29) is 23.1 Å². The Morgan fingerprint density at radius 2 is 1.94 bits per heavy atom. The molecule has 3 aromatic heterocycles. The Balaban J connectivity index is 1.56. The first-order valence-electron chi connectivity index (χ1n) is 11.0. The third-order valence-corrected chi connectivity index (χ3v) is 7.11. The summed E-state index contributed by atoms with van der Waals surface area (Å²) in [5.41, 5.74) is 2.42. The van der Waals surface area contributed by atoms with Crippen LogP contribution in [0.2, 0.25) is 0 Å². The highest BCUT2D eigenvalue weighted by Crippen LogP contribution is 2.38. The van der Waals surface area contributed by atoms with Crippen molar-refractivity contribution in [2.75, 3.05) is 5.32 Å². The van der Waals surface area contributed by atoms with Gasteiger partial charge in [0.05, 0.1) is 29.3 Å². The third kappa shape index (κ3) is 4.52. The van der Waals surface area contributed by atoms with Gasteiger partial charge in [0.25, 0.3) is 11.5 Å². The number of fused-ring (bicyclic) bond motifs is 1. The molecule has 1 N–H and O–H groups in total. The number of furan rings is 1. The van der Waals surface area contributed by atoms with Crippen LogP contribution in [0.1, 0.15) is 35.4 Å². The van der Waals surface area contributed by atoms with Crippen molar-refractivity contribution in [3.8, 4) is 0 Å². The summed E-state index contributed by atoms with van der Waals surface area (Å²) in [5.74, 6) is 0.837. The first kappa shape index (κ1) is 23.1. The molecule has 0 saturated carbocycles. The minimum Gasteiger partial charge on any atom is -0.467 e. The number of aromatic nitrogens is 2. The van der Waals surface area contributed by atoms with Crippen LogP contribution in [0.25, 0.3) is 11.7 Å². The molecular weight excluding hydrogens is 480 g/mol. The number of thiocarbonyl (C=S) groups is 1. The zero-order valence-electron chi connectivity index (χ0n) is 19.1. The number of nitrogens with one attached hydrogen (secondary N) is 1. The Morgan fingerprint density at radius 3 is 2.69 bits per heavy atom. The molecule has 7 nitrogen and oxygen atoms in total. The molecule has 1 atom stereocenters. The molecule has 4 heterocycles. The molecule has 1 amide bonds. The number of nitrogens with zero attached hydrogens (tertiary/aromatic N) is 3. The Morgan fingerprint density at radius 1 is 1.14 bits per heavy atom. The first-order chi connectivity index (χ1) is 16.9. The van der Waals surface area contributed by atoms with Crippen LogP contribution in [0.4, 0.5) is 5.82 Å². The smallest absolute Gasteiger partial charge is 0.267 e. The summed E-state index contributed by atoms with van der Waals surface area (Å²) in [4.78, 5) is 33.6. The predicted octanol–water partition coefficient (Wildman–Crippen LogP) is 5.17. The second-order valence-corrected chi connectivity index (χ2v) is 9.86. The molecule has 1 aliphatic heterocycles. The number of rotatable bonds is 6. The van der Waals surface area contributed by atoms with Crippen molar-refractivity contribution < 1.29 is 9.21 Å². The molecule has 1 fully saturated rings. The Bertz CT molecular complexity index is 1510. The molecule has 1 saturated heterocycles. The van der Waals surface area contributed by atoms with Gasteiger partial charge in [-0.1, -0.05) is 60.4 Å². The van der Waals surface area contributed by atoms with E-state index < -0.39 is 0 Å². The van der Waals surface area contributed by atoms with Crippen molar-refractivity contribution >= 4 is 51.7 Å². The Kier molecular flexibility index (Phi) is 6.27. The van der Waals surface area contributed by atoms with E-state index in [9.17, 15) is 9.59 Å². The maximum absolute atomic E-state index is 13.5. The zero-order valence-corrected chi connectivity index (χ0v) is 20.7. The van der Waals surface area contributed by atoms with Gasteiger partial charge in [0, 0.05) is 6.20 Å². The fourth-order valence-electron chi connectivity index (χ4n) is 3.93. The van der Waals surface area contributed by atoms with Gasteiger partial charge in [-0.2, -0.15) is 0 Å². The number of thioether (sulfide) groups is 1. The first-order valence-corrected chi connectivity index (χ1v) is 12.3. The molecule has 4 aromatic rings. The maximum atomic E-state index is 13.5. The second-order valence-electron chi connectivity index (χ2n) is 8.19. The van der Waals surface area contributed by atoms with Gasteiger partial charge in [0.1, 0.15) is 21.5 Å². The largest absolute Gasteiger partial charge is 0.467 e. The van der Waals surface area contributed by atoms with Crippen LogP contribution in [-0.4, -0.2) is 24.5 Å². The summed E-state index contributed by atoms with van der Waals surface area (Å²) in [7, 11) is 0. The molecule has 5 rings (SSSR count). The number of hydrogen-bond acceptors (Lipinski definition) is 7. The average Bonchev–Trinajstić information content (AvgIpc) is 3.48. The van der Waals surface area contributed by atoms with Crippen LogP contribution in [0.3, 0.4) is 0 Å². The standard InChI is InChI=1S/C26H22N4O3S2/c1-16-10-11-22-28-23(27-14-19-9-6-12-33-19)20(24(31)29(22)15-16)13-21-25(32)30(26(34)35-21)17(2)18-7-4-3-5-8-18/h3-13,15,17,27H,14H2,1-2H3/b21-13+. The van der Waals surface area contributed by atoms with Crippen LogP contribution in [0.15, 0.2) is 81.2 Å². The van der Waals surface area contributed by atoms with E-state index in [1.54, 1.807) is 35.6 Å². The second kappa shape index (κ2) is 9.52. The molecule has 1 aromatic carbocycles. The summed E-state index contributed by atoms with van der Waals surface area (Å²) in [6.45, 7) is 4.19. The molecule has 176 valence electrons. The number of pyridine rings is 1. The van der Waals surface area contributed by atoms with Crippen LogP contribution < -0.4 is 10.9 Å². The van der Waals surface area contributed by atoms with E-state index in [0.29, 0.717) is 33.0 Å². The van der Waals surface area contributed by atoms with Crippen molar-refractivity contribution in [3.63, 3.8) is 0 Å². The number of carbonyl (C=O) groups excluding carboxylic acids is 1. The van der Waals surface area contributed by atoms with Gasteiger partial charge in [0.2, 0.25) is 0 Å². The van der Waals surface area contributed by atoms with Crippen molar-refractivity contribution in [1.29, 1.82) is 0 Å². The van der Waals surface area contributed by atoms with E-state index >= 15 is 0 Å². The van der Waals surface area contributed by atoms with Crippen LogP contribution >= 0.6 is 24.0 Å². The highest BCUT2D eigenvalue weighted by atomic mass is 32.2. The molecule has 0 bridgehead atoms. The van der Waals surface area contributed by atoms with Crippen molar-refractivity contribution in [1.82, 2.24) is 14.3 Å². The summed E-state index contributed by atoms with van der Waals surface area (Å²) < 4.78 is 7.35. The van der Waals surface area contributed by atoms with Crippen molar-refractivity contribution in [2.45, 2.75) is 26.4 Å². The number of hydrogen-bond donors (Lipinski definition) is 1. The fraction of sp³-hybridized carbons (Fsp3) is 0.154. The quantitative estimate of drug-likeness (QED) is 0.288. The lowest BCUT2D eigenvalue weighted by atomic mass is 10.1. The molecule has 1 unspecified atom stereocenters. The van der Waals surface area contributed by atoms with E-state index in [1.807, 2.05) is 56.3 Å². The lowest BCUT2D eigenvalue weighted by molar-refractivity contribution is -0.123. The minimum absolute atomic E-state index is 0.232. The minimum atomic E-state index is -0.276. The van der Waals surface area contributed by atoms with E-state index in [4.69, 9.17) is 16.6 Å². The van der Waals surface area contributed by atoms with Gasteiger partial charge >= 0.3 is 0 Å². The summed E-state index contributed by atoms with van der Waals surface area (Å²) in [5, 5.41) is 3.19. The normalized spacial score (nSPS) is 15.8. The van der Waals surface area contributed by atoms with Gasteiger partial charge in [0.15, 0.2) is 0 Å². The third-order valence-electron chi connectivity index (χ3n) is 5.78. The van der Waals surface area contributed by atoms with Crippen molar-refractivity contribution in [3.05, 3.63) is 105 Å². The topological polar surface area (TPSA) is 79.8 Å². The predicted molar refractivity (Wildman–Crippen MR) is 142 cm³/mol. The van der Waals surface area contributed by atoms with E-state index in [1.165, 1.54) is 16.2 Å². The summed E-state index contributed by atoms with van der Waals surface area (Å²) in [6.07, 6.45) is 4.91. The summed E-state index contributed by atoms with van der Waals surface area (Å²) in [6, 6.07) is 16.8. The monoisotopic (exact) mass is 502 g/mol. The van der Waals surface area contributed by atoms with Crippen LogP contribution in [0, 0.1) is 6.92 Å². The van der Waals surface area contributed by atoms with E-state index in [0.717, 1.165) is 11.1 Å². The molecule has 0 spiro atoms. The SMILES string of the molecule is Cc1ccc2nc(NCc3ccco3)c(/C=C3/SC(=S)N(C(C)c4ccccc4)C3=O)c(=O)n2c1. The highest BCUT2D eigenvalue weighted by Gasteiger charge is 2.36. The van der Waals surface area contributed by atoms with Gasteiger partial charge < -0.3 is 9.73 Å². The van der Waals surface area contributed by atoms with Gasteiger partial charge in [-0.05, 0) is 49.2 Å². The number of aryl methyl sites for hydroxylation is 1. The van der Waals surface area contributed by atoms with Gasteiger partial charge in [-0.25, -0.2) is 4.98 Å². The van der Waals surface area contributed by atoms with Gasteiger partial charge in [-0.15, -0.1) is 0 Å². The van der Waals surface area contributed by atoms with E-state index in [2.05, 4.69) is 10.3 Å². The fourth-order valence-corrected chi connectivity index (χ4v) is 5.33.